The van der Waals surface area contributed by atoms with E-state index in [1.54, 1.807) is 6.20 Å². The Morgan fingerprint density at radius 3 is 2.33 bits per heavy atom. The summed E-state index contributed by atoms with van der Waals surface area (Å²) in [6.45, 7) is 4.19. The lowest BCUT2D eigenvalue weighted by molar-refractivity contribution is 0.174. The molecule has 0 amide bonds. The first-order valence-electron chi connectivity index (χ1n) is 6.30. The van der Waals surface area contributed by atoms with Crippen LogP contribution >= 0.6 is 0 Å². The summed E-state index contributed by atoms with van der Waals surface area (Å²) in [5, 5.41) is 10.2. The highest BCUT2D eigenvalue weighted by atomic mass is 16.3. The number of aryl methyl sites for hydroxylation is 2. The van der Waals surface area contributed by atoms with Crippen molar-refractivity contribution in [2.75, 3.05) is 0 Å². The molecule has 0 bridgehead atoms. The minimum Gasteiger partial charge on any atom is -0.392 e. The highest BCUT2D eigenvalue weighted by molar-refractivity contribution is 5.34. The highest BCUT2D eigenvalue weighted by Gasteiger charge is 2.10. The molecule has 94 valence electrons. The van der Waals surface area contributed by atoms with Crippen molar-refractivity contribution in [3.8, 4) is 0 Å². The van der Waals surface area contributed by atoms with Crippen molar-refractivity contribution in [3.63, 3.8) is 0 Å². The lowest BCUT2D eigenvalue weighted by Gasteiger charge is -2.14. The Morgan fingerprint density at radius 1 is 1.00 bits per heavy atom. The molecule has 1 atom stereocenters. The van der Waals surface area contributed by atoms with Crippen molar-refractivity contribution in [3.05, 3.63) is 65.0 Å². The fourth-order valence-electron chi connectivity index (χ4n) is 2.24. The van der Waals surface area contributed by atoms with Gasteiger partial charge in [-0.15, -0.1) is 0 Å². The minimum atomic E-state index is -0.375. The Labute approximate surface area is 108 Å². The molecule has 2 heteroatoms. The molecule has 1 unspecified atom stereocenters. The molecular weight excluding hydrogens is 222 g/mol. The SMILES string of the molecule is Cc1cccc(C)c1CC(O)Cc1ccccn1. The molecule has 0 saturated heterocycles. The average molecular weight is 241 g/mol. The van der Waals surface area contributed by atoms with Crippen LogP contribution < -0.4 is 0 Å². The molecule has 0 radical (unpaired) electrons. The van der Waals surface area contributed by atoms with E-state index >= 15 is 0 Å². The molecule has 18 heavy (non-hydrogen) atoms. The zero-order chi connectivity index (χ0) is 13.0. The second kappa shape index (κ2) is 5.78. The minimum absolute atomic E-state index is 0.375. The molecule has 0 aliphatic carbocycles. The first-order chi connectivity index (χ1) is 8.66. The normalized spacial score (nSPS) is 12.4. The standard InChI is InChI=1S/C16H19NO/c1-12-6-5-7-13(2)16(12)11-15(18)10-14-8-3-4-9-17-14/h3-9,15,18H,10-11H2,1-2H3. The van der Waals surface area contributed by atoms with E-state index in [1.165, 1.54) is 16.7 Å². The zero-order valence-electron chi connectivity index (χ0n) is 10.9. The van der Waals surface area contributed by atoms with E-state index in [4.69, 9.17) is 0 Å². The molecule has 2 aromatic rings. The van der Waals surface area contributed by atoms with E-state index in [1.807, 2.05) is 18.2 Å². The third-order valence-corrected chi connectivity index (χ3v) is 3.26. The number of nitrogens with zero attached hydrogens (tertiary/aromatic N) is 1. The fraction of sp³-hybridized carbons (Fsp3) is 0.312. The smallest absolute Gasteiger partial charge is 0.0636 e. The van der Waals surface area contributed by atoms with Gasteiger partial charge in [0.25, 0.3) is 0 Å². The molecule has 0 spiro atoms. The van der Waals surface area contributed by atoms with E-state index < -0.39 is 0 Å². The van der Waals surface area contributed by atoms with Crippen molar-refractivity contribution in [1.29, 1.82) is 0 Å². The predicted octanol–water partition coefficient (Wildman–Crippen LogP) is 2.84. The molecule has 0 fully saturated rings. The first-order valence-corrected chi connectivity index (χ1v) is 6.30. The summed E-state index contributed by atoms with van der Waals surface area (Å²) in [7, 11) is 0. The summed E-state index contributed by atoms with van der Waals surface area (Å²) < 4.78 is 0. The Bertz CT molecular complexity index is 488. The number of hydrogen-bond donors (Lipinski definition) is 1. The third kappa shape index (κ3) is 3.17. The number of benzene rings is 1. The predicted molar refractivity (Wildman–Crippen MR) is 73.6 cm³/mol. The van der Waals surface area contributed by atoms with Gasteiger partial charge in [-0.1, -0.05) is 24.3 Å². The van der Waals surface area contributed by atoms with E-state index in [2.05, 4.69) is 37.0 Å². The van der Waals surface area contributed by atoms with Crippen molar-refractivity contribution in [2.24, 2.45) is 0 Å². The molecule has 1 aromatic carbocycles. The lowest BCUT2D eigenvalue weighted by Crippen LogP contribution is -2.16. The summed E-state index contributed by atoms with van der Waals surface area (Å²) in [5.41, 5.74) is 4.68. The van der Waals surface area contributed by atoms with Crippen LogP contribution in [-0.4, -0.2) is 16.2 Å². The second-order valence-corrected chi connectivity index (χ2v) is 4.75. The number of pyridine rings is 1. The van der Waals surface area contributed by atoms with Crippen LogP contribution in [0.4, 0.5) is 0 Å². The van der Waals surface area contributed by atoms with Crippen molar-refractivity contribution >= 4 is 0 Å². The van der Waals surface area contributed by atoms with Crippen molar-refractivity contribution in [1.82, 2.24) is 4.98 Å². The Morgan fingerprint density at radius 2 is 1.72 bits per heavy atom. The summed E-state index contributed by atoms with van der Waals surface area (Å²) in [4.78, 5) is 4.25. The summed E-state index contributed by atoms with van der Waals surface area (Å²) in [6, 6.07) is 12.0. The topological polar surface area (TPSA) is 33.1 Å². The number of aromatic nitrogens is 1. The maximum Gasteiger partial charge on any atom is 0.0636 e. The van der Waals surface area contributed by atoms with Crippen LogP contribution in [-0.2, 0) is 12.8 Å². The van der Waals surface area contributed by atoms with Crippen LogP contribution in [0.2, 0.25) is 0 Å². The highest BCUT2D eigenvalue weighted by Crippen LogP contribution is 2.16. The Balaban J connectivity index is 2.06. The maximum absolute atomic E-state index is 10.2. The van der Waals surface area contributed by atoms with Gasteiger partial charge >= 0.3 is 0 Å². The fourth-order valence-corrected chi connectivity index (χ4v) is 2.24. The van der Waals surface area contributed by atoms with Crippen LogP contribution in [0.15, 0.2) is 42.6 Å². The molecule has 0 aliphatic heterocycles. The van der Waals surface area contributed by atoms with Crippen LogP contribution in [0, 0.1) is 13.8 Å². The van der Waals surface area contributed by atoms with Gasteiger partial charge in [0.1, 0.15) is 0 Å². The van der Waals surface area contributed by atoms with Gasteiger partial charge in [-0.25, -0.2) is 0 Å². The lowest BCUT2D eigenvalue weighted by atomic mass is 9.96. The van der Waals surface area contributed by atoms with Gasteiger partial charge in [-0.05, 0) is 49.1 Å². The molecule has 0 aliphatic rings. The van der Waals surface area contributed by atoms with Crippen LogP contribution in [0.3, 0.4) is 0 Å². The molecule has 2 nitrogen and oxygen atoms in total. The first kappa shape index (κ1) is 12.8. The van der Waals surface area contributed by atoms with Gasteiger partial charge in [-0.3, -0.25) is 4.98 Å². The van der Waals surface area contributed by atoms with E-state index in [9.17, 15) is 5.11 Å². The van der Waals surface area contributed by atoms with E-state index in [0.29, 0.717) is 12.8 Å². The van der Waals surface area contributed by atoms with Crippen LogP contribution in [0.1, 0.15) is 22.4 Å². The zero-order valence-corrected chi connectivity index (χ0v) is 10.9. The summed E-state index contributed by atoms with van der Waals surface area (Å²) >= 11 is 0. The van der Waals surface area contributed by atoms with Crippen LogP contribution in [0.25, 0.3) is 0 Å². The van der Waals surface area contributed by atoms with Gasteiger partial charge < -0.3 is 5.11 Å². The third-order valence-electron chi connectivity index (χ3n) is 3.26. The Hall–Kier alpha value is -1.67. The van der Waals surface area contributed by atoms with Gasteiger partial charge in [-0.2, -0.15) is 0 Å². The average Bonchev–Trinajstić information content (AvgIpc) is 2.35. The summed E-state index contributed by atoms with van der Waals surface area (Å²) in [5.74, 6) is 0. The van der Waals surface area contributed by atoms with Gasteiger partial charge in [0.2, 0.25) is 0 Å². The molecule has 1 aromatic heterocycles. The van der Waals surface area contributed by atoms with Gasteiger partial charge in [0.05, 0.1) is 6.10 Å². The molecule has 1 heterocycles. The second-order valence-electron chi connectivity index (χ2n) is 4.75. The number of aliphatic hydroxyl groups is 1. The largest absolute Gasteiger partial charge is 0.392 e. The van der Waals surface area contributed by atoms with Gasteiger partial charge in [0, 0.05) is 18.3 Å². The van der Waals surface area contributed by atoms with E-state index in [0.717, 1.165) is 5.69 Å². The Kier molecular flexibility index (Phi) is 4.11. The van der Waals surface area contributed by atoms with Crippen molar-refractivity contribution < 1.29 is 5.11 Å². The maximum atomic E-state index is 10.2. The van der Waals surface area contributed by atoms with E-state index in [-0.39, 0.29) is 6.10 Å². The molecule has 1 N–H and O–H groups in total. The van der Waals surface area contributed by atoms with Gasteiger partial charge in [0.15, 0.2) is 0 Å². The molecular formula is C16H19NO. The number of hydrogen-bond acceptors (Lipinski definition) is 2. The van der Waals surface area contributed by atoms with Crippen molar-refractivity contribution in [2.45, 2.75) is 32.8 Å². The quantitative estimate of drug-likeness (QED) is 0.893. The summed E-state index contributed by atoms with van der Waals surface area (Å²) in [6.07, 6.45) is 2.69. The number of rotatable bonds is 4. The molecule has 0 saturated carbocycles. The van der Waals surface area contributed by atoms with Crippen LogP contribution in [0.5, 0.6) is 0 Å². The molecule has 2 rings (SSSR count). The number of aliphatic hydroxyl groups excluding tert-OH is 1. The monoisotopic (exact) mass is 241 g/mol.